The zero-order valence-corrected chi connectivity index (χ0v) is 9.31. The molecule has 0 N–H and O–H groups in total. The van der Waals surface area contributed by atoms with Crippen molar-refractivity contribution >= 4 is 23.3 Å². The predicted molar refractivity (Wildman–Crippen MR) is 56.2 cm³/mol. The molecule has 0 aromatic heterocycles. The lowest BCUT2D eigenvalue weighted by atomic mass is 9.85. The minimum atomic E-state index is -0.187. The summed E-state index contributed by atoms with van der Waals surface area (Å²) in [6.45, 7) is 2.12. The quantitative estimate of drug-likeness (QED) is 0.381. The molecule has 0 bridgehead atoms. The topological polar surface area (TPSA) is 35.5 Å². The Kier molecular flexibility index (Phi) is 4.21. The summed E-state index contributed by atoms with van der Waals surface area (Å²) in [4.78, 5) is 10.8. The fourth-order valence-corrected chi connectivity index (χ4v) is 2.26. The van der Waals surface area contributed by atoms with Gasteiger partial charge in [0.2, 0.25) is 0 Å². The number of carbonyl (C=O) groups excluding carboxylic acids is 1. The van der Waals surface area contributed by atoms with E-state index in [0.29, 0.717) is 18.3 Å². The molecule has 2 unspecified atom stereocenters. The zero-order chi connectivity index (χ0) is 9.84. The van der Waals surface area contributed by atoms with Crippen molar-refractivity contribution in [2.45, 2.75) is 31.7 Å². The second kappa shape index (κ2) is 4.97. The van der Waals surface area contributed by atoms with Crippen molar-refractivity contribution < 1.29 is 14.1 Å². The second-order valence-electron chi connectivity index (χ2n) is 3.82. The lowest BCUT2D eigenvalue weighted by Gasteiger charge is -2.18. The van der Waals surface area contributed by atoms with Gasteiger partial charge in [0.05, 0.1) is 6.61 Å². The zero-order valence-electron chi connectivity index (χ0n) is 8.16. The van der Waals surface area contributed by atoms with Crippen molar-refractivity contribution in [3.8, 4) is 0 Å². The number of esters is 1. The lowest BCUT2D eigenvalue weighted by Crippen LogP contribution is -2.23. The molecule has 0 radical (unpaired) electrons. The molecule has 3 nitrogen and oxygen atoms in total. The summed E-state index contributed by atoms with van der Waals surface area (Å²) < 4.78 is 10.2. The van der Waals surface area contributed by atoms with Gasteiger partial charge in [-0.25, -0.2) is 0 Å². The van der Waals surface area contributed by atoms with Crippen molar-refractivity contribution in [1.29, 1.82) is 0 Å². The maximum Gasteiger partial charge on any atom is 0.302 e. The van der Waals surface area contributed by atoms with Crippen molar-refractivity contribution in [3.05, 3.63) is 0 Å². The van der Waals surface area contributed by atoms with E-state index < -0.39 is 0 Å². The number of hydrogen-bond acceptors (Lipinski definition) is 3. The number of carbonyl (C=O) groups is 1. The molecule has 0 aromatic carbocycles. The van der Waals surface area contributed by atoms with Crippen LogP contribution in [-0.4, -0.2) is 26.5 Å². The van der Waals surface area contributed by atoms with Gasteiger partial charge >= 0.3 is 5.97 Å². The Morgan fingerprint density at radius 2 is 2.31 bits per heavy atom. The second-order valence-corrected chi connectivity index (χ2v) is 4.15. The van der Waals surface area contributed by atoms with Gasteiger partial charge in [-0.2, -0.15) is 0 Å². The summed E-state index contributed by atoms with van der Waals surface area (Å²) >= 11 is 0. The van der Waals surface area contributed by atoms with Gasteiger partial charge in [0, 0.05) is 22.3 Å². The van der Waals surface area contributed by atoms with E-state index in [1.807, 2.05) is 0 Å². The highest BCUT2D eigenvalue weighted by Crippen LogP contribution is 2.35. The molecule has 1 aliphatic carbocycles. The largest absolute Gasteiger partial charge is 0.462 e. The highest BCUT2D eigenvalue weighted by Gasteiger charge is 2.33. The van der Waals surface area contributed by atoms with Crippen LogP contribution in [0.3, 0.4) is 0 Å². The van der Waals surface area contributed by atoms with Gasteiger partial charge in [0.25, 0.3) is 0 Å². The minimum absolute atomic E-state index is 0.0630. The van der Waals surface area contributed by atoms with E-state index >= 15 is 0 Å². The van der Waals surface area contributed by atoms with Crippen molar-refractivity contribution in [2.75, 3.05) is 6.61 Å². The smallest absolute Gasteiger partial charge is 0.302 e. The molecule has 74 valence electrons. The fourth-order valence-electron chi connectivity index (χ4n) is 2.01. The van der Waals surface area contributed by atoms with E-state index in [1.165, 1.54) is 6.92 Å². The van der Waals surface area contributed by atoms with Gasteiger partial charge in [-0.1, -0.05) is 5.82 Å². The summed E-state index contributed by atoms with van der Waals surface area (Å²) in [5, 5.41) is 0. The third-order valence-corrected chi connectivity index (χ3v) is 2.69. The van der Waals surface area contributed by atoms with Gasteiger partial charge in [-0.15, -0.1) is 0 Å². The first-order valence-corrected chi connectivity index (χ1v) is 5.09. The highest BCUT2D eigenvalue weighted by molar-refractivity contribution is 7.09. The molecular weight excluding hydrogens is 186 g/mol. The predicted octanol–water partition coefficient (Wildman–Crippen LogP) is 0.556. The summed E-state index contributed by atoms with van der Waals surface area (Å²) in [5.74, 6) is 0.818. The lowest BCUT2D eigenvalue weighted by molar-refractivity contribution is -0.148. The first kappa shape index (κ1) is 11.0. The minimum Gasteiger partial charge on any atom is -0.462 e. The molecule has 0 heterocycles. The van der Waals surface area contributed by atoms with Gasteiger partial charge in [0.15, 0.2) is 0 Å². The third-order valence-electron chi connectivity index (χ3n) is 2.49. The summed E-state index contributed by atoms with van der Waals surface area (Å²) in [7, 11) is 4.42. The van der Waals surface area contributed by atoms with Crippen molar-refractivity contribution in [2.24, 2.45) is 5.92 Å². The highest BCUT2D eigenvalue weighted by atomic mass is 31.0. The first-order valence-electron chi connectivity index (χ1n) is 4.62. The molecule has 0 aliphatic heterocycles. The Morgan fingerprint density at radius 3 is 2.85 bits per heavy atom. The normalized spacial score (nSPS) is 33.2. The molecule has 5 heteroatoms. The van der Waals surface area contributed by atoms with Gasteiger partial charge in [-0.3, -0.25) is 4.79 Å². The average Bonchev–Trinajstić information content (AvgIpc) is 2.31. The van der Waals surface area contributed by atoms with Crippen molar-refractivity contribution in [3.63, 3.8) is 0 Å². The number of hydrogen-bond donors (Lipinski definition) is 0. The summed E-state index contributed by atoms with van der Waals surface area (Å²) in [6.07, 6.45) is 2.12. The Bertz CT molecular complexity index is 188. The SMILES string of the molecule is B[C@@H]1CC(OC(C)=O)[C@H](COP)C1. The Balaban J connectivity index is 2.45. The first-order chi connectivity index (χ1) is 6.13. The summed E-state index contributed by atoms with van der Waals surface area (Å²) in [5.41, 5.74) is 0. The van der Waals surface area contributed by atoms with E-state index in [1.54, 1.807) is 0 Å². The van der Waals surface area contributed by atoms with E-state index in [4.69, 9.17) is 9.26 Å². The van der Waals surface area contributed by atoms with Gasteiger partial charge < -0.3 is 9.26 Å². The Morgan fingerprint density at radius 1 is 1.62 bits per heavy atom. The molecule has 0 amide bonds. The van der Waals surface area contributed by atoms with Crippen LogP contribution in [0.25, 0.3) is 0 Å². The third kappa shape index (κ3) is 3.28. The maximum absolute atomic E-state index is 10.8. The molecule has 1 aliphatic rings. The van der Waals surface area contributed by atoms with Crippen LogP contribution in [-0.2, 0) is 14.1 Å². The van der Waals surface area contributed by atoms with Crippen LogP contribution in [0.4, 0.5) is 0 Å². The van der Waals surface area contributed by atoms with Gasteiger partial charge in [-0.05, 0) is 12.8 Å². The van der Waals surface area contributed by atoms with Crippen LogP contribution in [0.2, 0.25) is 5.82 Å². The molecule has 0 spiro atoms. The molecule has 1 saturated carbocycles. The molecular formula is C8H16BO3P. The molecule has 13 heavy (non-hydrogen) atoms. The monoisotopic (exact) mass is 202 g/mol. The summed E-state index contributed by atoms with van der Waals surface area (Å²) in [6, 6.07) is 0. The van der Waals surface area contributed by atoms with Gasteiger partial charge in [0.1, 0.15) is 14.0 Å². The average molecular weight is 202 g/mol. The van der Waals surface area contributed by atoms with Crippen LogP contribution < -0.4 is 0 Å². The Labute approximate surface area is 82.2 Å². The van der Waals surface area contributed by atoms with Crippen LogP contribution in [0.5, 0.6) is 0 Å². The molecule has 1 rings (SSSR count). The standard InChI is InChI=1S/C8H16BO3P/c1-5(10)12-8-3-7(9)2-6(8)4-11-13/h6-8H,2-4,9,13H2,1H3/t6-,7-,8?/m0/s1. The van der Waals surface area contributed by atoms with E-state index in [-0.39, 0.29) is 12.1 Å². The fraction of sp³-hybridized carbons (Fsp3) is 0.875. The van der Waals surface area contributed by atoms with E-state index in [2.05, 4.69) is 17.3 Å². The van der Waals surface area contributed by atoms with Crippen molar-refractivity contribution in [1.82, 2.24) is 0 Å². The van der Waals surface area contributed by atoms with E-state index in [9.17, 15) is 4.79 Å². The number of rotatable bonds is 3. The molecule has 0 saturated heterocycles. The molecule has 1 fully saturated rings. The Hall–Kier alpha value is -0.0751. The molecule has 0 aromatic rings. The maximum atomic E-state index is 10.8. The van der Waals surface area contributed by atoms with Crippen LogP contribution in [0.15, 0.2) is 0 Å². The van der Waals surface area contributed by atoms with E-state index in [0.717, 1.165) is 12.8 Å². The number of ether oxygens (including phenoxy) is 1. The van der Waals surface area contributed by atoms with Crippen LogP contribution in [0.1, 0.15) is 19.8 Å². The van der Waals surface area contributed by atoms with Crippen LogP contribution >= 0.6 is 9.47 Å². The molecule has 4 atom stereocenters. The van der Waals surface area contributed by atoms with Crippen LogP contribution in [0, 0.1) is 5.92 Å².